The molecule has 4 amide bonds. The molecular formula is C25H23N3O3S. The van der Waals surface area contributed by atoms with E-state index in [1.807, 2.05) is 78.9 Å². The van der Waals surface area contributed by atoms with E-state index >= 15 is 0 Å². The Morgan fingerprint density at radius 1 is 0.906 bits per heavy atom. The van der Waals surface area contributed by atoms with Crippen molar-refractivity contribution in [3.63, 3.8) is 0 Å². The lowest BCUT2D eigenvalue weighted by Gasteiger charge is -2.15. The summed E-state index contributed by atoms with van der Waals surface area (Å²) < 4.78 is 0. The van der Waals surface area contributed by atoms with E-state index in [0.717, 1.165) is 20.3 Å². The molecule has 1 aliphatic rings. The topological polar surface area (TPSA) is 78.5 Å². The highest BCUT2D eigenvalue weighted by Gasteiger charge is 2.38. The lowest BCUT2D eigenvalue weighted by atomic mass is 10.1. The van der Waals surface area contributed by atoms with Crippen LogP contribution in [0, 0.1) is 0 Å². The molecule has 1 saturated heterocycles. The Labute approximate surface area is 191 Å². The Hall–Kier alpha value is -3.58. The minimum absolute atomic E-state index is 0.323. The van der Waals surface area contributed by atoms with Gasteiger partial charge in [-0.3, -0.25) is 14.5 Å². The highest BCUT2D eigenvalue weighted by molar-refractivity contribution is 7.99. The SMILES string of the molecule is O=C(CN1C(=O)NC(CCc2ccccc2)C1=O)Nc1ccccc1Sc1ccccc1. The van der Waals surface area contributed by atoms with Gasteiger partial charge in [0.1, 0.15) is 12.6 Å². The van der Waals surface area contributed by atoms with Crippen molar-refractivity contribution in [2.75, 3.05) is 11.9 Å². The summed E-state index contributed by atoms with van der Waals surface area (Å²) in [6.45, 7) is -0.323. The summed E-state index contributed by atoms with van der Waals surface area (Å²) in [5.74, 6) is -0.786. The van der Waals surface area contributed by atoms with Gasteiger partial charge >= 0.3 is 6.03 Å². The quantitative estimate of drug-likeness (QED) is 0.506. The van der Waals surface area contributed by atoms with Crippen LogP contribution in [0.2, 0.25) is 0 Å². The third kappa shape index (κ3) is 5.36. The molecule has 162 valence electrons. The van der Waals surface area contributed by atoms with Crippen LogP contribution in [-0.2, 0) is 16.0 Å². The zero-order valence-corrected chi connectivity index (χ0v) is 18.2. The monoisotopic (exact) mass is 445 g/mol. The van der Waals surface area contributed by atoms with Gasteiger partial charge in [-0.15, -0.1) is 0 Å². The zero-order chi connectivity index (χ0) is 22.3. The fourth-order valence-electron chi connectivity index (χ4n) is 3.49. The summed E-state index contributed by atoms with van der Waals surface area (Å²) in [6, 6.07) is 25.9. The van der Waals surface area contributed by atoms with Crippen molar-refractivity contribution in [2.24, 2.45) is 0 Å². The zero-order valence-electron chi connectivity index (χ0n) is 17.4. The molecule has 0 radical (unpaired) electrons. The van der Waals surface area contributed by atoms with Crippen molar-refractivity contribution in [3.05, 3.63) is 90.5 Å². The maximum Gasteiger partial charge on any atom is 0.325 e. The summed E-state index contributed by atoms with van der Waals surface area (Å²) in [7, 11) is 0. The minimum Gasteiger partial charge on any atom is -0.326 e. The van der Waals surface area contributed by atoms with Gasteiger partial charge in [0.05, 0.1) is 5.69 Å². The highest BCUT2D eigenvalue weighted by Crippen LogP contribution is 2.33. The first-order valence-corrected chi connectivity index (χ1v) is 11.2. The Morgan fingerprint density at radius 3 is 2.31 bits per heavy atom. The number of anilines is 1. The molecule has 1 unspecified atom stereocenters. The summed E-state index contributed by atoms with van der Waals surface area (Å²) in [4.78, 5) is 40.6. The largest absolute Gasteiger partial charge is 0.326 e. The van der Waals surface area contributed by atoms with Crippen molar-refractivity contribution in [1.29, 1.82) is 0 Å². The standard InChI is InChI=1S/C25H23N3O3S/c29-23(26-20-13-7-8-14-22(20)32-19-11-5-2-6-12-19)17-28-24(30)21(27-25(28)31)16-15-18-9-3-1-4-10-18/h1-14,21H,15-17H2,(H,26,29)(H,27,31). The van der Waals surface area contributed by atoms with Crippen LogP contribution in [0.5, 0.6) is 0 Å². The molecule has 6 nitrogen and oxygen atoms in total. The number of nitrogens with zero attached hydrogens (tertiary/aromatic N) is 1. The molecule has 0 spiro atoms. The molecule has 1 fully saturated rings. The summed E-state index contributed by atoms with van der Waals surface area (Å²) in [5, 5.41) is 5.53. The number of carbonyl (C=O) groups is 3. The van der Waals surface area contributed by atoms with Gasteiger partial charge in [-0.25, -0.2) is 4.79 Å². The Bertz CT molecular complexity index is 1110. The number of carbonyl (C=O) groups excluding carboxylic acids is 3. The van der Waals surface area contributed by atoms with E-state index < -0.39 is 18.0 Å². The van der Waals surface area contributed by atoms with E-state index in [9.17, 15) is 14.4 Å². The van der Waals surface area contributed by atoms with Crippen LogP contribution in [0.1, 0.15) is 12.0 Å². The van der Waals surface area contributed by atoms with Crippen LogP contribution in [0.25, 0.3) is 0 Å². The number of imide groups is 1. The fourth-order valence-corrected chi connectivity index (χ4v) is 4.41. The third-order valence-electron chi connectivity index (χ3n) is 5.11. The molecule has 0 bridgehead atoms. The molecule has 1 aliphatic heterocycles. The molecule has 0 saturated carbocycles. The van der Waals surface area contributed by atoms with Gasteiger partial charge in [0, 0.05) is 9.79 Å². The number of hydrogen-bond acceptors (Lipinski definition) is 4. The Morgan fingerprint density at radius 2 is 1.56 bits per heavy atom. The second-order valence-electron chi connectivity index (χ2n) is 7.41. The summed E-state index contributed by atoms with van der Waals surface area (Å²) in [5.41, 5.74) is 1.73. The average Bonchev–Trinajstić information content (AvgIpc) is 3.08. The Kier molecular flexibility index (Phi) is 6.87. The van der Waals surface area contributed by atoms with E-state index in [1.54, 1.807) is 6.07 Å². The van der Waals surface area contributed by atoms with E-state index in [2.05, 4.69) is 10.6 Å². The van der Waals surface area contributed by atoms with Crippen LogP contribution in [0.3, 0.4) is 0 Å². The Balaban J connectivity index is 1.36. The molecule has 7 heteroatoms. The molecule has 1 atom stereocenters. The van der Waals surface area contributed by atoms with Crippen LogP contribution in [-0.4, -0.2) is 35.3 Å². The number of para-hydroxylation sites is 1. The van der Waals surface area contributed by atoms with Crippen LogP contribution >= 0.6 is 11.8 Å². The lowest BCUT2D eigenvalue weighted by Crippen LogP contribution is -2.38. The molecule has 3 aromatic carbocycles. The predicted octanol–water partition coefficient (Wildman–Crippen LogP) is 4.33. The number of urea groups is 1. The van der Waals surface area contributed by atoms with Crippen LogP contribution < -0.4 is 10.6 Å². The highest BCUT2D eigenvalue weighted by atomic mass is 32.2. The molecule has 0 aliphatic carbocycles. The van der Waals surface area contributed by atoms with Crippen molar-refractivity contribution in [2.45, 2.75) is 28.7 Å². The molecule has 32 heavy (non-hydrogen) atoms. The van der Waals surface area contributed by atoms with E-state index in [-0.39, 0.29) is 12.5 Å². The van der Waals surface area contributed by atoms with Gasteiger partial charge in [0.2, 0.25) is 5.91 Å². The second kappa shape index (κ2) is 10.2. The average molecular weight is 446 g/mol. The van der Waals surface area contributed by atoms with E-state index in [4.69, 9.17) is 0 Å². The normalized spacial score (nSPS) is 15.5. The third-order valence-corrected chi connectivity index (χ3v) is 6.19. The number of hydrogen-bond donors (Lipinski definition) is 2. The molecule has 1 heterocycles. The van der Waals surface area contributed by atoms with Crippen LogP contribution in [0.4, 0.5) is 10.5 Å². The number of nitrogens with one attached hydrogen (secondary N) is 2. The first-order valence-electron chi connectivity index (χ1n) is 10.4. The van der Waals surface area contributed by atoms with E-state index in [1.165, 1.54) is 11.8 Å². The number of amides is 4. The minimum atomic E-state index is -0.614. The molecule has 3 aromatic rings. The summed E-state index contributed by atoms with van der Waals surface area (Å²) in [6.07, 6.45) is 1.16. The molecule has 2 N–H and O–H groups in total. The van der Waals surface area contributed by atoms with Gasteiger partial charge < -0.3 is 10.6 Å². The van der Waals surface area contributed by atoms with Gasteiger partial charge in [-0.2, -0.15) is 0 Å². The fraction of sp³-hybridized carbons (Fsp3) is 0.160. The maximum absolute atomic E-state index is 12.7. The predicted molar refractivity (Wildman–Crippen MR) is 124 cm³/mol. The maximum atomic E-state index is 12.7. The van der Waals surface area contributed by atoms with E-state index in [0.29, 0.717) is 18.5 Å². The van der Waals surface area contributed by atoms with Crippen molar-refractivity contribution >= 4 is 35.3 Å². The van der Waals surface area contributed by atoms with Crippen molar-refractivity contribution in [3.8, 4) is 0 Å². The number of benzene rings is 3. The summed E-state index contributed by atoms with van der Waals surface area (Å²) >= 11 is 1.53. The smallest absolute Gasteiger partial charge is 0.325 e. The first kappa shape index (κ1) is 21.6. The lowest BCUT2D eigenvalue weighted by molar-refractivity contribution is -0.130. The van der Waals surface area contributed by atoms with Crippen LogP contribution in [0.15, 0.2) is 94.7 Å². The molecule has 4 rings (SSSR count). The van der Waals surface area contributed by atoms with Crippen molar-refractivity contribution in [1.82, 2.24) is 10.2 Å². The first-order chi connectivity index (χ1) is 15.6. The molecule has 0 aromatic heterocycles. The van der Waals surface area contributed by atoms with Crippen molar-refractivity contribution < 1.29 is 14.4 Å². The molecular weight excluding hydrogens is 422 g/mol. The van der Waals surface area contributed by atoms with Gasteiger partial charge in [0.25, 0.3) is 5.91 Å². The van der Waals surface area contributed by atoms with Gasteiger partial charge in [0.15, 0.2) is 0 Å². The number of aryl methyl sites for hydroxylation is 1. The van der Waals surface area contributed by atoms with Gasteiger partial charge in [-0.1, -0.05) is 72.4 Å². The number of rotatable bonds is 8. The second-order valence-corrected chi connectivity index (χ2v) is 8.53. The van der Waals surface area contributed by atoms with Gasteiger partial charge in [-0.05, 0) is 42.7 Å².